The molecule has 3 aromatic carbocycles. The van der Waals surface area contributed by atoms with E-state index in [9.17, 15) is 19.2 Å². The number of carbonyl (C=O) groups is 4. The van der Waals surface area contributed by atoms with Gasteiger partial charge in [0.15, 0.2) is 6.61 Å². The highest BCUT2D eigenvalue weighted by molar-refractivity contribution is 6.22. The van der Waals surface area contributed by atoms with E-state index in [1.165, 1.54) is 0 Å². The van der Waals surface area contributed by atoms with Crippen LogP contribution in [0.5, 0.6) is 11.5 Å². The number of para-hydroxylation sites is 1. The van der Waals surface area contributed by atoms with Crippen LogP contribution in [-0.2, 0) is 14.3 Å². The first kappa shape index (κ1) is 24.7. The minimum absolute atomic E-state index is 0.00249. The van der Waals surface area contributed by atoms with Gasteiger partial charge in [0.05, 0.1) is 11.1 Å². The van der Waals surface area contributed by atoms with E-state index in [1.807, 2.05) is 44.2 Å². The molecule has 0 aromatic heterocycles. The number of amides is 3. The summed E-state index contributed by atoms with van der Waals surface area (Å²) in [4.78, 5) is 52.0. The monoisotopic (exact) mass is 486 g/mol. The molecule has 0 fully saturated rings. The van der Waals surface area contributed by atoms with Crippen molar-refractivity contribution in [1.29, 1.82) is 0 Å². The Bertz CT molecular complexity index is 1240. The lowest BCUT2D eigenvalue weighted by Crippen LogP contribution is -2.46. The Labute approximate surface area is 208 Å². The summed E-state index contributed by atoms with van der Waals surface area (Å²) in [6, 6.07) is 21.3. The third-order valence-electron chi connectivity index (χ3n) is 5.57. The van der Waals surface area contributed by atoms with Crippen molar-refractivity contribution < 1.29 is 28.7 Å². The Morgan fingerprint density at radius 3 is 1.94 bits per heavy atom. The van der Waals surface area contributed by atoms with Crippen molar-refractivity contribution in [2.45, 2.75) is 26.3 Å². The van der Waals surface area contributed by atoms with Crippen LogP contribution in [0.2, 0.25) is 0 Å². The first-order valence-electron chi connectivity index (χ1n) is 11.6. The molecule has 1 heterocycles. The summed E-state index contributed by atoms with van der Waals surface area (Å²) < 4.78 is 11.0. The number of fused-ring (bicyclic) bond motifs is 1. The van der Waals surface area contributed by atoms with E-state index < -0.39 is 36.3 Å². The van der Waals surface area contributed by atoms with Crippen molar-refractivity contribution in [3.05, 3.63) is 90.0 Å². The minimum atomic E-state index is -1.13. The lowest BCUT2D eigenvalue weighted by Gasteiger charge is -2.25. The lowest BCUT2D eigenvalue weighted by molar-refractivity contribution is -0.151. The van der Waals surface area contributed by atoms with Gasteiger partial charge in [0.1, 0.15) is 17.5 Å². The van der Waals surface area contributed by atoms with Crippen LogP contribution in [0.1, 0.15) is 41.0 Å². The van der Waals surface area contributed by atoms with Gasteiger partial charge in [-0.2, -0.15) is 0 Å². The summed E-state index contributed by atoms with van der Waals surface area (Å²) in [6.07, 6.45) is 0.217. The van der Waals surface area contributed by atoms with E-state index in [2.05, 4.69) is 5.32 Å². The van der Waals surface area contributed by atoms with Gasteiger partial charge in [-0.25, -0.2) is 4.79 Å². The number of hydrogen-bond donors (Lipinski definition) is 1. The Hall–Kier alpha value is -4.46. The van der Waals surface area contributed by atoms with Crippen molar-refractivity contribution >= 4 is 29.4 Å². The largest absolute Gasteiger partial charge is 0.457 e. The molecule has 1 aliphatic heterocycles. The maximum atomic E-state index is 12.9. The first-order valence-corrected chi connectivity index (χ1v) is 11.6. The van der Waals surface area contributed by atoms with E-state index in [0.717, 1.165) is 4.90 Å². The van der Waals surface area contributed by atoms with Crippen molar-refractivity contribution in [2.24, 2.45) is 5.92 Å². The van der Waals surface area contributed by atoms with Crippen LogP contribution in [0.15, 0.2) is 78.9 Å². The zero-order valence-electron chi connectivity index (χ0n) is 20.0. The molecular weight excluding hydrogens is 460 g/mol. The van der Waals surface area contributed by atoms with Crippen LogP contribution >= 0.6 is 0 Å². The average Bonchev–Trinajstić information content (AvgIpc) is 3.12. The Morgan fingerprint density at radius 2 is 1.36 bits per heavy atom. The molecule has 1 unspecified atom stereocenters. The molecule has 8 nitrogen and oxygen atoms in total. The highest BCUT2D eigenvalue weighted by Gasteiger charge is 2.43. The minimum Gasteiger partial charge on any atom is -0.457 e. The molecule has 184 valence electrons. The maximum absolute atomic E-state index is 12.9. The zero-order chi connectivity index (χ0) is 25.7. The van der Waals surface area contributed by atoms with Gasteiger partial charge in [0.25, 0.3) is 17.7 Å². The Morgan fingerprint density at radius 1 is 0.806 bits per heavy atom. The molecule has 3 aromatic rings. The van der Waals surface area contributed by atoms with E-state index in [0.29, 0.717) is 17.2 Å². The summed E-state index contributed by atoms with van der Waals surface area (Å²) >= 11 is 0. The summed E-state index contributed by atoms with van der Waals surface area (Å²) in [6.45, 7) is 3.19. The number of nitrogens with one attached hydrogen (secondary N) is 1. The van der Waals surface area contributed by atoms with Crippen molar-refractivity contribution in [3.63, 3.8) is 0 Å². The second-order valence-electron chi connectivity index (χ2n) is 8.77. The summed E-state index contributed by atoms with van der Waals surface area (Å²) in [5.41, 5.74) is 0.999. The molecule has 1 atom stereocenters. The number of ether oxygens (including phenoxy) is 2. The molecule has 1 aliphatic rings. The van der Waals surface area contributed by atoms with Crippen molar-refractivity contribution in [1.82, 2.24) is 4.90 Å². The summed E-state index contributed by atoms with van der Waals surface area (Å²) in [5.74, 6) is -1.15. The third-order valence-corrected chi connectivity index (χ3v) is 5.57. The normalized spacial score (nSPS) is 13.4. The molecule has 8 heteroatoms. The average molecular weight is 487 g/mol. The third kappa shape index (κ3) is 5.60. The van der Waals surface area contributed by atoms with Gasteiger partial charge in [0.2, 0.25) is 0 Å². The molecule has 36 heavy (non-hydrogen) atoms. The van der Waals surface area contributed by atoms with E-state index in [1.54, 1.807) is 48.5 Å². The van der Waals surface area contributed by atoms with Gasteiger partial charge >= 0.3 is 5.97 Å². The number of benzene rings is 3. The van der Waals surface area contributed by atoms with E-state index in [4.69, 9.17) is 9.47 Å². The highest BCUT2D eigenvalue weighted by Crippen LogP contribution is 2.27. The Balaban J connectivity index is 1.35. The number of esters is 1. The van der Waals surface area contributed by atoms with E-state index >= 15 is 0 Å². The molecule has 0 spiro atoms. The molecule has 0 bridgehead atoms. The predicted molar refractivity (Wildman–Crippen MR) is 133 cm³/mol. The van der Waals surface area contributed by atoms with Crippen LogP contribution in [0.4, 0.5) is 5.69 Å². The van der Waals surface area contributed by atoms with Gasteiger partial charge in [-0.3, -0.25) is 19.3 Å². The fourth-order valence-corrected chi connectivity index (χ4v) is 3.91. The number of imide groups is 1. The Kier molecular flexibility index (Phi) is 7.44. The van der Waals surface area contributed by atoms with Crippen molar-refractivity contribution in [2.75, 3.05) is 11.9 Å². The fraction of sp³-hybridized carbons (Fsp3) is 0.214. The number of carbonyl (C=O) groups excluding carboxylic acids is 4. The topological polar surface area (TPSA) is 102 Å². The molecule has 0 saturated heterocycles. The summed E-state index contributed by atoms with van der Waals surface area (Å²) in [5, 5.41) is 2.65. The standard InChI is InChI=1S/C28H26N2O6/c1-18(2)16-24(30-26(32)22-10-6-7-11-23(22)27(30)33)28(34)35-17-25(31)29-19-12-14-21(15-13-19)36-20-8-4-3-5-9-20/h3-15,18,24H,16-17H2,1-2H3,(H,29,31). The second kappa shape index (κ2) is 10.9. The lowest BCUT2D eigenvalue weighted by atomic mass is 10.0. The molecule has 0 aliphatic carbocycles. The van der Waals surface area contributed by atoms with Gasteiger partial charge in [-0.05, 0) is 60.9 Å². The molecule has 1 N–H and O–H groups in total. The van der Waals surface area contributed by atoms with Crippen LogP contribution in [-0.4, -0.2) is 41.2 Å². The number of hydrogen-bond acceptors (Lipinski definition) is 6. The SMILES string of the molecule is CC(C)CC(C(=O)OCC(=O)Nc1ccc(Oc2ccccc2)cc1)N1C(=O)c2ccccc2C1=O. The van der Waals surface area contributed by atoms with Gasteiger partial charge in [0, 0.05) is 5.69 Å². The maximum Gasteiger partial charge on any atom is 0.329 e. The molecule has 0 radical (unpaired) electrons. The van der Waals surface area contributed by atoms with Gasteiger partial charge in [-0.1, -0.05) is 44.2 Å². The fourth-order valence-electron chi connectivity index (χ4n) is 3.91. The van der Waals surface area contributed by atoms with Crippen LogP contribution in [0, 0.1) is 5.92 Å². The number of anilines is 1. The second-order valence-corrected chi connectivity index (χ2v) is 8.77. The number of rotatable bonds is 9. The smallest absolute Gasteiger partial charge is 0.329 e. The molecule has 3 amide bonds. The van der Waals surface area contributed by atoms with E-state index in [-0.39, 0.29) is 23.5 Å². The number of nitrogens with zero attached hydrogens (tertiary/aromatic N) is 1. The van der Waals surface area contributed by atoms with Gasteiger partial charge in [-0.15, -0.1) is 0 Å². The first-order chi connectivity index (χ1) is 17.3. The van der Waals surface area contributed by atoms with Crippen LogP contribution in [0.25, 0.3) is 0 Å². The van der Waals surface area contributed by atoms with Crippen LogP contribution in [0.3, 0.4) is 0 Å². The van der Waals surface area contributed by atoms with Crippen LogP contribution < -0.4 is 10.1 Å². The van der Waals surface area contributed by atoms with Gasteiger partial charge < -0.3 is 14.8 Å². The zero-order valence-corrected chi connectivity index (χ0v) is 20.0. The molecule has 4 rings (SSSR count). The molecular formula is C28H26N2O6. The molecule has 0 saturated carbocycles. The van der Waals surface area contributed by atoms with Crippen molar-refractivity contribution in [3.8, 4) is 11.5 Å². The highest BCUT2D eigenvalue weighted by atomic mass is 16.5. The predicted octanol–water partition coefficient (Wildman–Crippen LogP) is 4.67. The summed E-state index contributed by atoms with van der Waals surface area (Å²) in [7, 11) is 0. The quantitative estimate of drug-likeness (QED) is 0.348.